The molecule has 3 aromatic rings. The first-order valence-corrected chi connectivity index (χ1v) is 7.57. The fraction of sp³-hybridized carbons (Fsp3) is 0.167. The maximum Gasteiger partial charge on any atom is 0.255 e. The Bertz CT molecular complexity index is 863. The van der Waals surface area contributed by atoms with Gasteiger partial charge in [-0.25, -0.2) is 4.98 Å². The molecule has 1 amide bonds. The molecule has 7 heteroatoms. The second kappa shape index (κ2) is 7.48. The fourth-order valence-electron chi connectivity index (χ4n) is 2.36. The number of hydrogen-bond donors (Lipinski definition) is 1. The Labute approximate surface area is 144 Å². The number of amides is 1. The number of carbonyl (C=O) groups is 1. The standard InChI is InChI=1S/C18H17N3O4/c1-23-12-5-6-13(16(10-12)24-2)18(22)21-11-14-17(20-8-7-19-14)15-4-3-9-25-15/h3-10H,11H2,1-2H3,(H,21,22). The molecule has 7 nitrogen and oxygen atoms in total. The maximum absolute atomic E-state index is 12.5. The number of benzene rings is 1. The molecule has 0 radical (unpaired) electrons. The molecule has 0 saturated heterocycles. The van der Waals surface area contributed by atoms with E-state index in [-0.39, 0.29) is 12.5 Å². The van der Waals surface area contributed by atoms with E-state index in [0.29, 0.717) is 34.2 Å². The normalized spacial score (nSPS) is 10.3. The van der Waals surface area contributed by atoms with Crippen molar-refractivity contribution in [3.63, 3.8) is 0 Å². The second-order valence-electron chi connectivity index (χ2n) is 5.08. The molecule has 1 N–H and O–H groups in total. The van der Waals surface area contributed by atoms with Crippen molar-refractivity contribution in [1.29, 1.82) is 0 Å². The lowest BCUT2D eigenvalue weighted by Gasteiger charge is -2.11. The summed E-state index contributed by atoms with van der Waals surface area (Å²) in [5.41, 5.74) is 1.61. The van der Waals surface area contributed by atoms with Crippen LogP contribution in [-0.2, 0) is 6.54 Å². The lowest BCUT2D eigenvalue weighted by Crippen LogP contribution is -2.24. The van der Waals surface area contributed by atoms with Crippen LogP contribution < -0.4 is 14.8 Å². The SMILES string of the molecule is COc1ccc(C(=O)NCc2nccnc2-c2ccco2)c(OC)c1. The second-order valence-corrected chi connectivity index (χ2v) is 5.08. The van der Waals surface area contributed by atoms with Gasteiger partial charge in [-0.1, -0.05) is 0 Å². The molecule has 0 saturated carbocycles. The Kier molecular flexibility index (Phi) is 4.94. The molecule has 2 heterocycles. The van der Waals surface area contributed by atoms with E-state index < -0.39 is 0 Å². The molecule has 0 aliphatic carbocycles. The highest BCUT2D eigenvalue weighted by molar-refractivity contribution is 5.97. The average molecular weight is 339 g/mol. The molecule has 0 aliphatic rings. The first-order chi connectivity index (χ1) is 12.2. The van der Waals surface area contributed by atoms with E-state index >= 15 is 0 Å². The predicted octanol–water partition coefficient (Wildman–Crippen LogP) is 2.68. The minimum absolute atomic E-state index is 0.206. The third kappa shape index (κ3) is 3.60. The van der Waals surface area contributed by atoms with Crippen LogP contribution >= 0.6 is 0 Å². The summed E-state index contributed by atoms with van der Waals surface area (Å²) in [5, 5.41) is 2.83. The molecular weight excluding hydrogens is 322 g/mol. The third-order valence-electron chi connectivity index (χ3n) is 3.60. The molecular formula is C18H17N3O4. The first-order valence-electron chi connectivity index (χ1n) is 7.57. The van der Waals surface area contributed by atoms with Crippen molar-refractivity contribution >= 4 is 5.91 Å². The van der Waals surface area contributed by atoms with Gasteiger partial charge in [0, 0.05) is 18.5 Å². The molecule has 0 fully saturated rings. The lowest BCUT2D eigenvalue weighted by atomic mass is 10.1. The van der Waals surface area contributed by atoms with Crippen molar-refractivity contribution < 1.29 is 18.7 Å². The summed E-state index contributed by atoms with van der Waals surface area (Å²) in [6.07, 6.45) is 4.71. The Balaban J connectivity index is 1.78. The van der Waals surface area contributed by atoms with E-state index in [0.717, 1.165) is 0 Å². The molecule has 0 atom stereocenters. The van der Waals surface area contributed by atoms with Crippen LogP contribution in [0.25, 0.3) is 11.5 Å². The van der Waals surface area contributed by atoms with Crippen LogP contribution in [0.5, 0.6) is 11.5 Å². The summed E-state index contributed by atoms with van der Waals surface area (Å²) in [4.78, 5) is 21.1. The molecule has 25 heavy (non-hydrogen) atoms. The van der Waals surface area contributed by atoms with Crippen LogP contribution in [0.1, 0.15) is 16.1 Å². The highest BCUT2D eigenvalue weighted by Gasteiger charge is 2.15. The van der Waals surface area contributed by atoms with Gasteiger partial charge >= 0.3 is 0 Å². The van der Waals surface area contributed by atoms with Crippen LogP contribution in [0, 0.1) is 0 Å². The molecule has 0 spiro atoms. The van der Waals surface area contributed by atoms with Gasteiger partial charge in [-0.15, -0.1) is 0 Å². The summed E-state index contributed by atoms with van der Waals surface area (Å²) in [6, 6.07) is 8.58. The van der Waals surface area contributed by atoms with Crippen molar-refractivity contribution in [2.45, 2.75) is 6.54 Å². The Morgan fingerprint density at radius 1 is 1.16 bits per heavy atom. The van der Waals surface area contributed by atoms with Gasteiger partial charge in [-0.2, -0.15) is 0 Å². The number of rotatable bonds is 6. The summed E-state index contributed by atoms with van der Waals surface area (Å²) >= 11 is 0. The number of methoxy groups -OCH3 is 2. The van der Waals surface area contributed by atoms with Gasteiger partial charge in [0.2, 0.25) is 0 Å². The highest BCUT2D eigenvalue weighted by Crippen LogP contribution is 2.25. The number of nitrogens with one attached hydrogen (secondary N) is 1. The van der Waals surface area contributed by atoms with E-state index in [1.807, 2.05) is 0 Å². The zero-order chi connectivity index (χ0) is 17.6. The lowest BCUT2D eigenvalue weighted by molar-refractivity contribution is 0.0947. The molecule has 3 rings (SSSR count). The molecule has 1 aromatic carbocycles. The van der Waals surface area contributed by atoms with Crippen LogP contribution in [0.15, 0.2) is 53.4 Å². The minimum Gasteiger partial charge on any atom is -0.497 e. The topological polar surface area (TPSA) is 86.5 Å². The van der Waals surface area contributed by atoms with Crippen molar-refractivity contribution in [3.8, 4) is 23.0 Å². The Hall–Kier alpha value is -3.35. The van der Waals surface area contributed by atoms with E-state index in [1.54, 1.807) is 56.1 Å². The van der Waals surface area contributed by atoms with Crippen molar-refractivity contribution in [2.24, 2.45) is 0 Å². The average Bonchev–Trinajstić information content (AvgIpc) is 3.20. The van der Waals surface area contributed by atoms with E-state index in [4.69, 9.17) is 13.9 Å². The van der Waals surface area contributed by atoms with Gasteiger partial charge < -0.3 is 19.2 Å². The smallest absolute Gasteiger partial charge is 0.255 e. The summed E-state index contributed by atoms with van der Waals surface area (Å²) in [7, 11) is 3.06. The largest absolute Gasteiger partial charge is 0.497 e. The Morgan fingerprint density at radius 3 is 2.72 bits per heavy atom. The molecule has 0 unspecified atom stereocenters. The van der Waals surface area contributed by atoms with Gasteiger partial charge in [0.15, 0.2) is 5.76 Å². The van der Waals surface area contributed by atoms with Gasteiger partial charge in [-0.3, -0.25) is 9.78 Å². The maximum atomic E-state index is 12.5. The molecule has 0 bridgehead atoms. The number of carbonyl (C=O) groups excluding carboxylic acids is 1. The highest BCUT2D eigenvalue weighted by atomic mass is 16.5. The third-order valence-corrected chi connectivity index (χ3v) is 3.60. The summed E-state index contributed by atoms with van der Waals surface area (Å²) in [5.74, 6) is 1.36. The van der Waals surface area contributed by atoms with E-state index in [1.165, 1.54) is 7.11 Å². The minimum atomic E-state index is -0.282. The van der Waals surface area contributed by atoms with E-state index in [9.17, 15) is 4.79 Å². The summed E-state index contributed by atoms with van der Waals surface area (Å²) < 4.78 is 15.8. The van der Waals surface area contributed by atoms with Crippen LogP contribution in [0.2, 0.25) is 0 Å². The van der Waals surface area contributed by atoms with E-state index in [2.05, 4.69) is 15.3 Å². The zero-order valence-corrected chi connectivity index (χ0v) is 13.9. The van der Waals surface area contributed by atoms with Gasteiger partial charge in [-0.05, 0) is 24.3 Å². The number of furan rings is 1. The molecule has 128 valence electrons. The monoisotopic (exact) mass is 339 g/mol. The van der Waals surface area contributed by atoms with Crippen molar-refractivity contribution in [3.05, 3.63) is 60.2 Å². The Morgan fingerprint density at radius 2 is 2.00 bits per heavy atom. The predicted molar refractivity (Wildman–Crippen MR) is 90.5 cm³/mol. The quantitative estimate of drug-likeness (QED) is 0.743. The van der Waals surface area contributed by atoms with Crippen LogP contribution in [0.4, 0.5) is 0 Å². The number of hydrogen-bond acceptors (Lipinski definition) is 6. The molecule has 0 aliphatic heterocycles. The van der Waals surface area contributed by atoms with Crippen LogP contribution in [-0.4, -0.2) is 30.1 Å². The zero-order valence-electron chi connectivity index (χ0n) is 13.9. The first kappa shape index (κ1) is 16.5. The molecule has 2 aromatic heterocycles. The fourth-order valence-corrected chi connectivity index (χ4v) is 2.36. The van der Waals surface area contributed by atoms with Gasteiger partial charge in [0.25, 0.3) is 5.91 Å². The van der Waals surface area contributed by atoms with Crippen molar-refractivity contribution in [2.75, 3.05) is 14.2 Å². The van der Waals surface area contributed by atoms with Crippen molar-refractivity contribution in [1.82, 2.24) is 15.3 Å². The van der Waals surface area contributed by atoms with Crippen LogP contribution in [0.3, 0.4) is 0 Å². The number of ether oxygens (including phenoxy) is 2. The summed E-state index contributed by atoms with van der Waals surface area (Å²) in [6.45, 7) is 0.206. The van der Waals surface area contributed by atoms with Gasteiger partial charge in [0.05, 0.1) is 38.3 Å². The number of nitrogens with zero attached hydrogens (tertiary/aromatic N) is 2. The number of aromatic nitrogens is 2. The van der Waals surface area contributed by atoms with Gasteiger partial charge in [0.1, 0.15) is 17.2 Å².